The average Bonchev–Trinajstić information content (AvgIpc) is 1.81. The van der Waals surface area contributed by atoms with E-state index < -0.39 is 0 Å². The van der Waals surface area contributed by atoms with E-state index in [9.17, 15) is 0 Å². The third-order valence-corrected chi connectivity index (χ3v) is 0.996. The first-order valence-electron chi connectivity index (χ1n) is 3.23. The van der Waals surface area contributed by atoms with Gasteiger partial charge in [-0.2, -0.15) is 0 Å². The summed E-state index contributed by atoms with van der Waals surface area (Å²) in [4.78, 5) is 0. The smallest absolute Gasteiger partial charge is 0.0555 e. The highest BCUT2D eigenvalue weighted by Gasteiger charge is 1.81. The molecule has 2 nitrogen and oxygen atoms in total. The highest BCUT2D eigenvalue weighted by atomic mass is 35.5. The Morgan fingerprint density at radius 2 is 2.00 bits per heavy atom. The Balaban J connectivity index is 0. The van der Waals surface area contributed by atoms with Crippen molar-refractivity contribution in [2.24, 2.45) is 0 Å². The Labute approximate surface area is 63.1 Å². The van der Waals surface area contributed by atoms with E-state index in [0.29, 0.717) is 0 Å². The van der Waals surface area contributed by atoms with Crippen LogP contribution in [-0.4, -0.2) is 24.8 Å². The summed E-state index contributed by atoms with van der Waals surface area (Å²) in [6, 6.07) is 0. The van der Waals surface area contributed by atoms with Gasteiger partial charge in [0.1, 0.15) is 0 Å². The van der Waals surface area contributed by atoms with Gasteiger partial charge in [-0.3, -0.25) is 0 Å². The molecule has 0 unspecified atom stereocenters. The van der Waals surface area contributed by atoms with Gasteiger partial charge >= 0.3 is 0 Å². The topological polar surface area (TPSA) is 32.3 Å². The minimum absolute atomic E-state index is 0. The quantitative estimate of drug-likeness (QED) is 0.573. The van der Waals surface area contributed by atoms with Crippen LogP contribution in [0.15, 0.2) is 0 Å². The van der Waals surface area contributed by atoms with Crippen LogP contribution in [0.25, 0.3) is 0 Å². The zero-order valence-corrected chi connectivity index (χ0v) is 6.71. The number of rotatable bonds is 5. The molecule has 0 heterocycles. The van der Waals surface area contributed by atoms with Crippen molar-refractivity contribution < 1.29 is 5.11 Å². The Morgan fingerprint density at radius 3 is 2.44 bits per heavy atom. The maximum Gasteiger partial charge on any atom is 0.0555 e. The van der Waals surface area contributed by atoms with Crippen molar-refractivity contribution in [3.8, 4) is 0 Å². The van der Waals surface area contributed by atoms with Crippen molar-refractivity contribution in [2.75, 3.05) is 19.7 Å². The lowest BCUT2D eigenvalue weighted by Crippen LogP contribution is -2.18. The molecule has 2 N–H and O–H groups in total. The predicted molar refractivity (Wildman–Crippen MR) is 42.1 cm³/mol. The molecular formula is C6H16ClNO. The Morgan fingerprint density at radius 1 is 1.33 bits per heavy atom. The molecule has 0 aromatic rings. The number of nitrogens with one attached hydrogen (secondary N) is 1. The van der Waals surface area contributed by atoms with Crippen LogP contribution in [0.1, 0.15) is 19.8 Å². The van der Waals surface area contributed by atoms with Crippen LogP contribution in [0.2, 0.25) is 0 Å². The van der Waals surface area contributed by atoms with Crippen LogP contribution in [0.3, 0.4) is 0 Å². The van der Waals surface area contributed by atoms with Gasteiger partial charge in [0, 0.05) is 6.54 Å². The van der Waals surface area contributed by atoms with E-state index in [2.05, 4.69) is 12.2 Å². The molecule has 0 aromatic heterocycles. The summed E-state index contributed by atoms with van der Waals surface area (Å²) in [5, 5.41) is 11.4. The Hall–Kier alpha value is 0.210. The second kappa shape index (κ2) is 11.1. The van der Waals surface area contributed by atoms with Crippen LogP contribution in [0.4, 0.5) is 0 Å². The van der Waals surface area contributed by atoms with E-state index in [1.165, 1.54) is 12.8 Å². The molecule has 0 amide bonds. The molecule has 0 rings (SSSR count). The molecule has 0 atom stereocenters. The van der Waals surface area contributed by atoms with Gasteiger partial charge in [-0.25, -0.2) is 0 Å². The lowest BCUT2D eigenvalue weighted by molar-refractivity contribution is 0.292. The second-order valence-corrected chi connectivity index (χ2v) is 1.83. The van der Waals surface area contributed by atoms with Gasteiger partial charge in [0.05, 0.1) is 6.61 Å². The van der Waals surface area contributed by atoms with E-state index in [1.54, 1.807) is 0 Å². The summed E-state index contributed by atoms with van der Waals surface area (Å²) in [6.07, 6.45) is 2.43. The minimum atomic E-state index is 0. The molecular weight excluding hydrogens is 138 g/mol. The van der Waals surface area contributed by atoms with E-state index in [0.717, 1.165) is 13.1 Å². The number of unbranched alkanes of at least 4 members (excludes halogenated alkanes) is 1. The van der Waals surface area contributed by atoms with Gasteiger partial charge < -0.3 is 10.4 Å². The molecule has 0 spiro atoms. The van der Waals surface area contributed by atoms with Gasteiger partial charge in [-0.1, -0.05) is 13.3 Å². The maximum atomic E-state index is 8.30. The second-order valence-electron chi connectivity index (χ2n) is 1.83. The van der Waals surface area contributed by atoms with Crippen molar-refractivity contribution in [3.05, 3.63) is 0 Å². The van der Waals surface area contributed by atoms with Crippen LogP contribution >= 0.6 is 12.4 Å². The number of hydrogen-bond acceptors (Lipinski definition) is 2. The zero-order valence-electron chi connectivity index (χ0n) is 5.89. The molecule has 0 fully saturated rings. The summed E-state index contributed by atoms with van der Waals surface area (Å²) in [5.41, 5.74) is 0. The molecule has 0 saturated heterocycles. The van der Waals surface area contributed by atoms with E-state index in [4.69, 9.17) is 5.11 Å². The van der Waals surface area contributed by atoms with Crippen molar-refractivity contribution in [1.29, 1.82) is 0 Å². The number of aliphatic hydroxyl groups is 1. The van der Waals surface area contributed by atoms with Crippen LogP contribution < -0.4 is 5.32 Å². The zero-order chi connectivity index (χ0) is 6.24. The standard InChI is InChI=1S/C6H15NO.ClH/c1-2-3-4-7-5-6-8;/h7-8H,2-6H2,1H3;1H. The first-order chi connectivity index (χ1) is 3.91. The molecule has 0 aromatic carbocycles. The van der Waals surface area contributed by atoms with Gasteiger partial charge in [0.25, 0.3) is 0 Å². The maximum absolute atomic E-state index is 8.30. The highest BCUT2D eigenvalue weighted by Crippen LogP contribution is 1.80. The monoisotopic (exact) mass is 153 g/mol. The molecule has 0 bridgehead atoms. The predicted octanol–water partition coefficient (Wildman–Crippen LogP) is 0.790. The minimum Gasteiger partial charge on any atom is -0.395 e. The molecule has 0 aliphatic carbocycles. The fourth-order valence-electron chi connectivity index (χ4n) is 0.506. The fourth-order valence-corrected chi connectivity index (χ4v) is 0.506. The first kappa shape index (κ1) is 11.9. The summed E-state index contributed by atoms with van der Waals surface area (Å²) < 4.78 is 0. The molecule has 0 saturated carbocycles. The summed E-state index contributed by atoms with van der Waals surface area (Å²) in [6.45, 7) is 4.18. The molecule has 0 aliphatic heterocycles. The molecule has 0 radical (unpaired) electrons. The van der Waals surface area contributed by atoms with Crippen LogP contribution in [-0.2, 0) is 0 Å². The van der Waals surface area contributed by atoms with Crippen LogP contribution in [0, 0.1) is 0 Å². The Kier molecular flexibility index (Phi) is 14.7. The third kappa shape index (κ3) is 11.7. The van der Waals surface area contributed by atoms with Gasteiger partial charge in [0.15, 0.2) is 0 Å². The van der Waals surface area contributed by atoms with Crippen molar-refractivity contribution in [3.63, 3.8) is 0 Å². The summed E-state index contributed by atoms with van der Waals surface area (Å²) in [7, 11) is 0. The molecule has 9 heavy (non-hydrogen) atoms. The van der Waals surface area contributed by atoms with E-state index in [-0.39, 0.29) is 19.0 Å². The number of hydrogen-bond donors (Lipinski definition) is 2. The summed E-state index contributed by atoms with van der Waals surface area (Å²) >= 11 is 0. The van der Waals surface area contributed by atoms with Gasteiger partial charge in [-0.05, 0) is 13.0 Å². The third-order valence-electron chi connectivity index (χ3n) is 0.996. The lowest BCUT2D eigenvalue weighted by Gasteiger charge is -1.97. The average molecular weight is 154 g/mol. The lowest BCUT2D eigenvalue weighted by atomic mass is 10.3. The van der Waals surface area contributed by atoms with E-state index in [1.807, 2.05) is 0 Å². The fraction of sp³-hybridized carbons (Fsp3) is 1.00. The highest BCUT2D eigenvalue weighted by molar-refractivity contribution is 5.85. The molecule has 0 aliphatic rings. The number of aliphatic hydroxyl groups excluding tert-OH is 1. The van der Waals surface area contributed by atoms with Crippen molar-refractivity contribution in [2.45, 2.75) is 19.8 Å². The normalized spacial score (nSPS) is 8.67. The molecule has 58 valence electrons. The van der Waals surface area contributed by atoms with Gasteiger partial charge in [0.2, 0.25) is 0 Å². The van der Waals surface area contributed by atoms with Crippen molar-refractivity contribution in [1.82, 2.24) is 5.32 Å². The summed E-state index contributed by atoms with van der Waals surface area (Å²) in [5.74, 6) is 0. The van der Waals surface area contributed by atoms with E-state index >= 15 is 0 Å². The number of halogens is 1. The molecule has 3 heteroatoms. The SMILES string of the molecule is CCCCNCCO.Cl. The van der Waals surface area contributed by atoms with Crippen LogP contribution in [0.5, 0.6) is 0 Å². The largest absolute Gasteiger partial charge is 0.395 e. The Bertz CT molecular complexity index is 38.0. The first-order valence-corrected chi connectivity index (χ1v) is 3.23. The van der Waals surface area contributed by atoms with Gasteiger partial charge in [-0.15, -0.1) is 12.4 Å². The van der Waals surface area contributed by atoms with Crippen molar-refractivity contribution >= 4 is 12.4 Å².